The van der Waals surface area contributed by atoms with Crippen molar-refractivity contribution in [3.63, 3.8) is 0 Å². The molecule has 5 aromatic rings. The van der Waals surface area contributed by atoms with Crippen molar-refractivity contribution in [2.45, 2.75) is 6.92 Å². The summed E-state index contributed by atoms with van der Waals surface area (Å²) in [5.41, 5.74) is 1.31. The van der Waals surface area contributed by atoms with Gasteiger partial charge in [-0.2, -0.15) is 9.78 Å². The SMILES string of the molecule is COc1ccc(-n2nc(C(=O)Nc3ccc(Oc4ccnc5[nH]ccc45)c(F)c3)c(C)cc2=O)cc1. The molecule has 0 spiro atoms. The second-order valence-electron chi connectivity index (χ2n) is 7.87. The number of anilines is 1. The summed E-state index contributed by atoms with van der Waals surface area (Å²) in [6.45, 7) is 1.61. The number of H-pyrrole nitrogens is 1. The standard InChI is InChI=1S/C26H20FN5O4/c1-15-13-23(33)32(17-4-6-18(35-2)7-5-17)31-24(15)26(34)30-16-3-8-22(20(27)14-16)36-21-10-12-29-25-19(21)9-11-28-25/h3-14H,1-2H3,(H,28,29)(H,30,34). The van der Waals surface area contributed by atoms with E-state index in [9.17, 15) is 14.0 Å². The van der Waals surface area contributed by atoms with Crippen LogP contribution in [0.3, 0.4) is 0 Å². The van der Waals surface area contributed by atoms with Gasteiger partial charge in [-0.1, -0.05) is 0 Å². The maximum absolute atomic E-state index is 14.8. The van der Waals surface area contributed by atoms with Gasteiger partial charge in [0.05, 0.1) is 18.2 Å². The van der Waals surface area contributed by atoms with Crippen molar-refractivity contribution < 1.29 is 18.7 Å². The van der Waals surface area contributed by atoms with Crippen LogP contribution in [0.25, 0.3) is 16.7 Å². The maximum atomic E-state index is 14.8. The van der Waals surface area contributed by atoms with E-state index in [1.54, 1.807) is 55.7 Å². The number of methoxy groups -OCH3 is 1. The first-order valence-corrected chi connectivity index (χ1v) is 10.9. The lowest BCUT2D eigenvalue weighted by Crippen LogP contribution is -2.26. The highest BCUT2D eigenvalue weighted by Crippen LogP contribution is 2.31. The lowest BCUT2D eigenvalue weighted by molar-refractivity contribution is 0.102. The molecule has 3 heterocycles. The lowest BCUT2D eigenvalue weighted by Gasteiger charge is -2.12. The normalized spacial score (nSPS) is 10.9. The summed E-state index contributed by atoms with van der Waals surface area (Å²) >= 11 is 0. The van der Waals surface area contributed by atoms with E-state index < -0.39 is 17.3 Å². The molecular formula is C26H20FN5O4. The first-order valence-electron chi connectivity index (χ1n) is 10.9. The number of ether oxygens (including phenoxy) is 2. The Morgan fingerprint density at radius 2 is 1.86 bits per heavy atom. The molecule has 0 aliphatic heterocycles. The molecule has 0 saturated carbocycles. The van der Waals surface area contributed by atoms with Crippen LogP contribution in [-0.4, -0.2) is 32.8 Å². The van der Waals surface area contributed by atoms with Gasteiger partial charge in [-0.15, -0.1) is 0 Å². The molecular weight excluding hydrogens is 465 g/mol. The average Bonchev–Trinajstić information content (AvgIpc) is 3.36. The maximum Gasteiger partial charge on any atom is 0.276 e. The van der Waals surface area contributed by atoms with Gasteiger partial charge >= 0.3 is 0 Å². The molecule has 3 aromatic heterocycles. The van der Waals surface area contributed by atoms with Gasteiger partial charge in [0, 0.05) is 30.2 Å². The average molecular weight is 485 g/mol. The number of hydrogen-bond acceptors (Lipinski definition) is 6. The molecule has 180 valence electrons. The molecule has 1 amide bonds. The Balaban J connectivity index is 1.38. The third-order valence-corrected chi connectivity index (χ3v) is 5.48. The number of benzene rings is 2. The second kappa shape index (κ2) is 9.34. The first kappa shape index (κ1) is 22.8. The molecule has 5 rings (SSSR count). The summed E-state index contributed by atoms with van der Waals surface area (Å²) in [5, 5.41) is 7.57. The smallest absolute Gasteiger partial charge is 0.276 e. The molecule has 0 atom stereocenters. The fourth-order valence-electron chi connectivity index (χ4n) is 3.67. The summed E-state index contributed by atoms with van der Waals surface area (Å²) in [6, 6.07) is 15.5. The Hall–Kier alpha value is -4.99. The summed E-state index contributed by atoms with van der Waals surface area (Å²) < 4.78 is 26.8. The molecule has 2 aromatic carbocycles. The van der Waals surface area contributed by atoms with E-state index in [0.717, 1.165) is 10.7 Å². The van der Waals surface area contributed by atoms with Gasteiger partial charge in [0.15, 0.2) is 17.3 Å². The van der Waals surface area contributed by atoms with Crippen molar-refractivity contribution in [3.05, 3.63) is 100 Å². The van der Waals surface area contributed by atoms with Gasteiger partial charge in [-0.05, 0) is 61.0 Å². The molecule has 0 fully saturated rings. The van der Waals surface area contributed by atoms with Crippen molar-refractivity contribution in [3.8, 4) is 22.9 Å². The molecule has 0 radical (unpaired) electrons. The fourth-order valence-corrected chi connectivity index (χ4v) is 3.67. The number of nitrogens with one attached hydrogen (secondary N) is 2. The quantitative estimate of drug-likeness (QED) is 0.363. The lowest BCUT2D eigenvalue weighted by atomic mass is 10.2. The highest BCUT2D eigenvalue weighted by molar-refractivity contribution is 6.03. The minimum Gasteiger partial charge on any atom is -0.497 e. The van der Waals surface area contributed by atoms with Crippen molar-refractivity contribution >= 4 is 22.6 Å². The zero-order chi connectivity index (χ0) is 25.2. The van der Waals surface area contributed by atoms with E-state index in [-0.39, 0.29) is 17.1 Å². The summed E-state index contributed by atoms with van der Waals surface area (Å²) in [5.74, 6) is -0.207. The Morgan fingerprint density at radius 1 is 1.06 bits per heavy atom. The van der Waals surface area contributed by atoms with Crippen LogP contribution in [0.15, 0.2) is 77.9 Å². The summed E-state index contributed by atoms with van der Waals surface area (Å²) in [6.07, 6.45) is 3.27. The molecule has 2 N–H and O–H groups in total. The zero-order valence-corrected chi connectivity index (χ0v) is 19.3. The molecule has 0 aliphatic carbocycles. The predicted molar refractivity (Wildman–Crippen MR) is 132 cm³/mol. The van der Waals surface area contributed by atoms with Gasteiger partial charge < -0.3 is 19.8 Å². The summed E-state index contributed by atoms with van der Waals surface area (Å²) in [4.78, 5) is 32.6. The highest BCUT2D eigenvalue weighted by atomic mass is 19.1. The minimum absolute atomic E-state index is 0.0101. The molecule has 0 unspecified atom stereocenters. The molecule has 10 heteroatoms. The number of pyridine rings is 1. The van der Waals surface area contributed by atoms with Crippen LogP contribution in [-0.2, 0) is 0 Å². The second-order valence-corrected chi connectivity index (χ2v) is 7.87. The van der Waals surface area contributed by atoms with E-state index in [0.29, 0.717) is 33.8 Å². The van der Waals surface area contributed by atoms with E-state index in [2.05, 4.69) is 20.4 Å². The van der Waals surface area contributed by atoms with E-state index >= 15 is 0 Å². The Kier molecular flexibility index (Phi) is 5.91. The van der Waals surface area contributed by atoms with Crippen LogP contribution < -0.4 is 20.3 Å². The van der Waals surface area contributed by atoms with Crippen LogP contribution in [0.1, 0.15) is 16.1 Å². The van der Waals surface area contributed by atoms with E-state index in [1.165, 1.54) is 25.3 Å². The number of rotatable bonds is 6. The molecule has 36 heavy (non-hydrogen) atoms. The monoisotopic (exact) mass is 485 g/mol. The first-order chi connectivity index (χ1) is 17.4. The number of hydrogen-bond donors (Lipinski definition) is 2. The number of aromatic nitrogens is 4. The van der Waals surface area contributed by atoms with Gasteiger partial charge in [-0.25, -0.2) is 9.37 Å². The minimum atomic E-state index is -0.666. The zero-order valence-electron chi connectivity index (χ0n) is 19.3. The highest BCUT2D eigenvalue weighted by Gasteiger charge is 2.17. The molecule has 0 bridgehead atoms. The van der Waals surface area contributed by atoms with Crippen molar-refractivity contribution in [2.24, 2.45) is 0 Å². The number of aryl methyl sites for hydroxylation is 1. The molecule has 0 saturated heterocycles. The van der Waals surface area contributed by atoms with Crippen LogP contribution >= 0.6 is 0 Å². The number of carbonyl (C=O) groups excluding carboxylic acids is 1. The number of halogens is 1. The number of nitrogens with zero attached hydrogens (tertiary/aromatic N) is 3. The van der Waals surface area contributed by atoms with Gasteiger partial charge in [0.1, 0.15) is 17.1 Å². The van der Waals surface area contributed by atoms with Crippen molar-refractivity contribution in [1.29, 1.82) is 0 Å². The Labute approximate surface area is 204 Å². The Bertz CT molecular complexity index is 1640. The molecule has 9 nitrogen and oxygen atoms in total. The van der Waals surface area contributed by atoms with Crippen LogP contribution in [0.2, 0.25) is 0 Å². The van der Waals surface area contributed by atoms with Crippen molar-refractivity contribution in [1.82, 2.24) is 19.7 Å². The van der Waals surface area contributed by atoms with E-state index in [4.69, 9.17) is 9.47 Å². The van der Waals surface area contributed by atoms with Gasteiger partial charge in [-0.3, -0.25) is 9.59 Å². The number of carbonyl (C=O) groups is 1. The number of fused-ring (bicyclic) bond motifs is 1. The van der Waals surface area contributed by atoms with E-state index in [1.807, 2.05) is 0 Å². The van der Waals surface area contributed by atoms with Crippen LogP contribution in [0.4, 0.5) is 10.1 Å². The predicted octanol–water partition coefficient (Wildman–Crippen LogP) is 4.61. The number of amides is 1. The van der Waals surface area contributed by atoms with Gasteiger partial charge in [0.2, 0.25) is 0 Å². The summed E-state index contributed by atoms with van der Waals surface area (Å²) in [7, 11) is 1.54. The third kappa shape index (κ3) is 4.39. The topological polar surface area (TPSA) is 111 Å². The van der Waals surface area contributed by atoms with Gasteiger partial charge in [0.25, 0.3) is 11.5 Å². The number of aromatic amines is 1. The Morgan fingerprint density at radius 3 is 2.61 bits per heavy atom. The van der Waals surface area contributed by atoms with Crippen LogP contribution in [0.5, 0.6) is 17.2 Å². The largest absolute Gasteiger partial charge is 0.497 e. The fraction of sp³-hybridized carbons (Fsp3) is 0.0769. The van der Waals surface area contributed by atoms with Crippen LogP contribution in [0, 0.1) is 12.7 Å². The van der Waals surface area contributed by atoms with Crippen molar-refractivity contribution in [2.75, 3.05) is 12.4 Å². The third-order valence-electron chi connectivity index (χ3n) is 5.48. The molecule has 0 aliphatic rings.